The molecule has 0 radical (unpaired) electrons. The van der Waals surface area contributed by atoms with E-state index in [9.17, 15) is 15.3 Å². The summed E-state index contributed by atoms with van der Waals surface area (Å²) in [6.45, 7) is -0.195. The van der Waals surface area contributed by atoms with Gasteiger partial charge < -0.3 is 20.1 Å². The third kappa shape index (κ3) is 3.90. The zero-order chi connectivity index (χ0) is 19.8. The molecular formula is C22H20Cl2O4. The summed E-state index contributed by atoms with van der Waals surface area (Å²) < 4.78 is 5.78. The zero-order valence-corrected chi connectivity index (χ0v) is 16.4. The van der Waals surface area contributed by atoms with Gasteiger partial charge in [0.25, 0.3) is 0 Å². The number of rotatable bonds is 3. The topological polar surface area (TPSA) is 69.9 Å². The molecule has 4 atom stereocenters. The van der Waals surface area contributed by atoms with Gasteiger partial charge in [0.15, 0.2) is 0 Å². The maximum Gasteiger partial charge on any atom is 0.111 e. The summed E-state index contributed by atoms with van der Waals surface area (Å²) in [5.74, 6) is 0. The van der Waals surface area contributed by atoms with Crippen molar-refractivity contribution in [2.45, 2.75) is 30.8 Å². The van der Waals surface area contributed by atoms with Gasteiger partial charge in [-0.25, -0.2) is 0 Å². The van der Waals surface area contributed by atoms with Crippen molar-refractivity contribution in [1.82, 2.24) is 0 Å². The van der Waals surface area contributed by atoms with E-state index >= 15 is 0 Å². The van der Waals surface area contributed by atoms with Crippen LogP contribution in [0.2, 0.25) is 10.0 Å². The molecule has 1 heterocycles. The van der Waals surface area contributed by atoms with E-state index in [-0.39, 0.29) is 13.0 Å². The van der Waals surface area contributed by atoms with Gasteiger partial charge in [-0.3, -0.25) is 0 Å². The first-order valence-electron chi connectivity index (χ1n) is 9.07. The van der Waals surface area contributed by atoms with E-state index in [1.54, 1.807) is 6.07 Å². The van der Waals surface area contributed by atoms with Crippen LogP contribution in [0.4, 0.5) is 0 Å². The van der Waals surface area contributed by atoms with Crippen molar-refractivity contribution in [3.63, 3.8) is 0 Å². The molecule has 0 saturated carbocycles. The molecule has 28 heavy (non-hydrogen) atoms. The second-order valence-corrected chi connectivity index (χ2v) is 8.01. The highest BCUT2D eigenvalue weighted by atomic mass is 35.5. The molecule has 0 aliphatic carbocycles. The molecule has 3 aromatic rings. The minimum atomic E-state index is -1.03. The monoisotopic (exact) mass is 418 g/mol. The van der Waals surface area contributed by atoms with Crippen molar-refractivity contribution >= 4 is 34.0 Å². The molecule has 146 valence electrons. The largest absolute Gasteiger partial charge is 0.394 e. The lowest BCUT2D eigenvalue weighted by molar-refractivity contribution is -0.179. The van der Waals surface area contributed by atoms with Gasteiger partial charge in [-0.2, -0.15) is 0 Å². The summed E-state index contributed by atoms with van der Waals surface area (Å²) in [7, 11) is 0. The summed E-state index contributed by atoms with van der Waals surface area (Å²) in [5, 5.41) is 32.9. The van der Waals surface area contributed by atoms with E-state index in [1.807, 2.05) is 48.5 Å². The van der Waals surface area contributed by atoms with Gasteiger partial charge in [-0.15, -0.1) is 0 Å². The van der Waals surface area contributed by atoms with E-state index in [2.05, 4.69) is 0 Å². The Bertz CT molecular complexity index is 987. The molecule has 3 N–H and O–H groups in total. The summed E-state index contributed by atoms with van der Waals surface area (Å²) in [5.41, 5.74) is 2.69. The van der Waals surface area contributed by atoms with Gasteiger partial charge in [0.2, 0.25) is 0 Å². The van der Waals surface area contributed by atoms with Crippen LogP contribution in [0.25, 0.3) is 21.9 Å². The van der Waals surface area contributed by atoms with Crippen LogP contribution in [-0.2, 0) is 4.74 Å². The summed E-state index contributed by atoms with van der Waals surface area (Å²) in [6.07, 6.45) is -2.92. The summed E-state index contributed by atoms with van der Waals surface area (Å²) in [6, 6.07) is 17.2. The third-order valence-corrected chi connectivity index (χ3v) is 5.58. The SMILES string of the molecule is OCC1CC(O)C(O)C(c2ccc3cc(-c4cc(Cl)cc(Cl)c4)ccc3c2)O1. The van der Waals surface area contributed by atoms with Gasteiger partial charge in [0, 0.05) is 16.5 Å². The van der Waals surface area contributed by atoms with Crippen molar-refractivity contribution in [3.8, 4) is 11.1 Å². The van der Waals surface area contributed by atoms with E-state index in [1.165, 1.54) is 0 Å². The lowest BCUT2D eigenvalue weighted by Crippen LogP contribution is -2.44. The standard InChI is InChI=1S/C22H20Cl2O4/c23-17-7-16(8-18(24)9-17)14-2-1-13-6-15(4-3-12(13)5-14)22-21(27)20(26)10-19(11-25)28-22/h1-9,19-22,25-27H,10-11H2. The number of aliphatic hydroxyl groups excluding tert-OH is 3. The number of halogens is 2. The quantitative estimate of drug-likeness (QED) is 0.590. The highest BCUT2D eigenvalue weighted by Crippen LogP contribution is 2.35. The van der Waals surface area contributed by atoms with Crippen molar-refractivity contribution in [1.29, 1.82) is 0 Å². The molecule has 1 aliphatic heterocycles. The fourth-order valence-corrected chi connectivity index (χ4v) is 4.21. The van der Waals surface area contributed by atoms with Crippen LogP contribution in [-0.4, -0.2) is 40.2 Å². The lowest BCUT2D eigenvalue weighted by Gasteiger charge is -2.36. The minimum Gasteiger partial charge on any atom is -0.394 e. The average molecular weight is 419 g/mol. The van der Waals surface area contributed by atoms with E-state index < -0.39 is 24.4 Å². The number of fused-ring (bicyclic) bond motifs is 1. The van der Waals surface area contributed by atoms with Crippen molar-refractivity contribution in [2.75, 3.05) is 6.61 Å². The predicted octanol–water partition coefficient (Wildman–Crippen LogP) is 4.36. The van der Waals surface area contributed by atoms with Crippen LogP contribution >= 0.6 is 23.2 Å². The number of hydrogen-bond donors (Lipinski definition) is 3. The Hall–Kier alpha value is -1.66. The Balaban J connectivity index is 1.68. The maximum atomic E-state index is 10.3. The Morgan fingerprint density at radius 3 is 2.25 bits per heavy atom. The van der Waals surface area contributed by atoms with Gasteiger partial charge in [-0.1, -0.05) is 47.5 Å². The van der Waals surface area contributed by atoms with Gasteiger partial charge >= 0.3 is 0 Å². The molecule has 4 rings (SSSR count). The number of ether oxygens (including phenoxy) is 1. The van der Waals surface area contributed by atoms with Crippen LogP contribution in [0.3, 0.4) is 0 Å². The Morgan fingerprint density at radius 1 is 0.857 bits per heavy atom. The number of hydrogen-bond acceptors (Lipinski definition) is 4. The summed E-state index contributed by atoms with van der Waals surface area (Å²) in [4.78, 5) is 0. The van der Waals surface area contributed by atoms with Gasteiger partial charge in [-0.05, 0) is 57.8 Å². The smallest absolute Gasteiger partial charge is 0.111 e. The molecule has 1 aliphatic rings. The first-order valence-corrected chi connectivity index (χ1v) is 9.83. The Kier molecular flexibility index (Phi) is 5.61. The van der Waals surface area contributed by atoms with Crippen LogP contribution in [0.15, 0.2) is 54.6 Å². The Labute approximate surface area is 172 Å². The van der Waals surface area contributed by atoms with E-state index in [4.69, 9.17) is 27.9 Å². The molecule has 0 bridgehead atoms. The molecule has 3 aromatic carbocycles. The normalized spacial score (nSPS) is 25.2. The van der Waals surface area contributed by atoms with Gasteiger partial charge in [0.05, 0.1) is 18.8 Å². The van der Waals surface area contributed by atoms with Gasteiger partial charge in [0.1, 0.15) is 12.2 Å². The van der Waals surface area contributed by atoms with E-state index in [0.29, 0.717) is 10.0 Å². The molecule has 6 heteroatoms. The second kappa shape index (κ2) is 7.99. The van der Waals surface area contributed by atoms with Crippen molar-refractivity contribution < 1.29 is 20.1 Å². The minimum absolute atomic E-state index is 0.195. The molecule has 4 nitrogen and oxygen atoms in total. The van der Waals surface area contributed by atoms with Crippen LogP contribution in [0, 0.1) is 0 Å². The van der Waals surface area contributed by atoms with E-state index in [0.717, 1.165) is 27.5 Å². The zero-order valence-electron chi connectivity index (χ0n) is 14.9. The molecular weight excluding hydrogens is 399 g/mol. The second-order valence-electron chi connectivity index (χ2n) is 7.13. The molecule has 4 unspecified atom stereocenters. The predicted molar refractivity (Wildman–Crippen MR) is 111 cm³/mol. The van der Waals surface area contributed by atoms with Crippen LogP contribution in [0.1, 0.15) is 18.1 Å². The molecule has 1 saturated heterocycles. The molecule has 0 spiro atoms. The number of aliphatic hydroxyl groups is 3. The average Bonchev–Trinajstić information content (AvgIpc) is 2.68. The Morgan fingerprint density at radius 2 is 1.54 bits per heavy atom. The third-order valence-electron chi connectivity index (χ3n) is 5.14. The first-order chi connectivity index (χ1) is 13.4. The molecule has 0 amide bonds. The fourth-order valence-electron chi connectivity index (χ4n) is 3.69. The van der Waals surface area contributed by atoms with Crippen molar-refractivity contribution in [2.24, 2.45) is 0 Å². The highest BCUT2D eigenvalue weighted by molar-refractivity contribution is 6.35. The first kappa shape index (κ1) is 19.6. The highest BCUT2D eigenvalue weighted by Gasteiger charge is 2.37. The molecule has 0 aromatic heterocycles. The molecule has 1 fully saturated rings. The fraction of sp³-hybridized carbons (Fsp3) is 0.273. The number of benzene rings is 3. The maximum absolute atomic E-state index is 10.3. The lowest BCUT2D eigenvalue weighted by atomic mass is 9.91. The summed E-state index contributed by atoms with van der Waals surface area (Å²) >= 11 is 12.2. The van der Waals surface area contributed by atoms with Crippen LogP contribution < -0.4 is 0 Å². The van der Waals surface area contributed by atoms with Crippen molar-refractivity contribution in [3.05, 3.63) is 70.2 Å². The van der Waals surface area contributed by atoms with Crippen LogP contribution in [0.5, 0.6) is 0 Å².